The Morgan fingerprint density at radius 1 is 1.30 bits per heavy atom. The lowest BCUT2D eigenvalue weighted by Crippen LogP contribution is -2.03. The zero-order chi connectivity index (χ0) is 7.82. The quantitative estimate of drug-likeness (QED) is 0.434. The number of unbranched alkanes of at least 4 members (excludes halogenated alkanes) is 2. The van der Waals surface area contributed by atoms with Gasteiger partial charge in [-0.2, -0.15) is 0 Å². The van der Waals surface area contributed by atoms with Gasteiger partial charge in [0.2, 0.25) is 0 Å². The van der Waals surface area contributed by atoms with E-state index in [2.05, 4.69) is 6.92 Å². The fourth-order valence-corrected chi connectivity index (χ4v) is 1.01. The van der Waals surface area contributed by atoms with Crippen molar-refractivity contribution < 1.29 is 4.74 Å². The van der Waals surface area contributed by atoms with Gasteiger partial charge in [0.1, 0.15) is 0 Å². The highest BCUT2D eigenvalue weighted by Crippen LogP contribution is 2.05. The lowest BCUT2D eigenvalue weighted by atomic mass is 10.1. The summed E-state index contributed by atoms with van der Waals surface area (Å²) in [6.45, 7) is 2.10. The number of alkyl halides is 1. The zero-order valence-corrected chi connectivity index (χ0v) is 7.66. The molecule has 0 spiro atoms. The minimum absolute atomic E-state index is 0.412. The molecule has 0 aliphatic carbocycles. The predicted octanol–water partition coefficient (Wildman–Crippen LogP) is 2.82. The lowest BCUT2D eigenvalue weighted by molar-refractivity contribution is 0.108. The smallest absolute Gasteiger partial charge is 0.0543 e. The van der Waals surface area contributed by atoms with Gasteiger partial charge < -0.3 is 4.74 Å². The fraction of sp³-hybridized carbons (Fsp3) is 1.00. The minimum atomic E-state index is 0.412. The van der Waals surface area contributed by atoms with Gasteiger partial charge in [0.25, 0.3) is 0 Å². The average Bonchev–Trinajstić information content (AvgIpc) is 1.98. The van der Waals surface area contributed by atoms with Gasteiger partial charge in [0, 0.05) is 13.0 Å². The number of ether oxygens (including phenoxy) is 1. The van der Waals surface area contributed by atoms with Gasteiger partial charge in [0.05, 0.1) is 6.10 Å². The SMILES string of the molecule is COC(C)CCCCCCl. The van der Waals surface area contributed by atoms with Crippen LogP contribution >= 0.6 is 11.6 Å². The van der Waals surface area contributed by atoms with Crippen molar-refractivity contribution >= 4 is 11.6 Å². The van der Waals surface area contributed by atoms with Crippen LogP contribution in [0.4, 0.5) is 0 Å². The van der Waals surface area contributed by atoms with Crippen LogP contribution in [-0.2, 0) is 4.74 Å². The third kappa shape index (κ3) is 6.37. The second-order valence-electron chi connectivity index (χ2n) is 2.58. The number of halogens is 1. The van der Waals surface area contributed by atoms with E-state index in [4.69, 9.17) is 16.3 Å². The Bertz CT molecular complexity index is 66.3. The molecule has 0 amide bonds. The summed E-state index contributed by atoms with van der Waals surface area (Å²) in [5, 5.41) is 0. The van der Waals surface area contributed by atoms with Crippen LogP contribution in [0, 0.1) is 0 Å². The van der Waals surface area contributed by atoms with Crippen LogP contribution in [0.1, 0.15) is 32.6 Å². The molecule has 0 rings (SSSR count). The van der Waals surface area contributed by atoms with Crippen LogP contribution < -0.4 is 0 Å². The molecule has 0 aliphatic rings. The van der Waals surface area contributed by atoms with Crippen molar-refractivity contribution in [2.24, 2.45) is 0 Å². The first-order chi connectivity index (χ1) is 4.81. The van der Waals surface area contributed by atoms with E-state index in [0.717, 1.165) is 18.7 Å². The molecule has 1 atom stereocenters. The third-order valence-electron chi connectivity index (χ3n) is 1.65. The molecule has 0 bridgehead atoms. The Morgan fingerprint density at radius 2 is 2.00 bits per heavy atom. The Balaban J connectivity index is 2.89. The highest BCUT2D eigenvalue weighted by Gasteiger charge is 1.97. The highest BCUT2D eigenvalue weighted by molar-refractivity contribution is 6.17. The predicted molar refractivity (Wildman–Crippen MR) is 45.7 cm³/mol. The van der Waals surface area contributed by atoms with Gasteiger partial charge in [-0.25, -0.2) is 0 Å². The summed E-state index contributed by atoms with van der Waals surface area (Å²) in [5.74, 6) is 0.793. The first-order valence-electron chi connectivity index (χ1n) is 3.90. The summed E-state index contributed by atoms with van der Waals surface area (Å²) in [4.78, 5) is 0. The van der Waals surface area contributed by atoms with Crippen LogP contribution in [0.5, 0.6) is 0 Å². The maximum absolute atomic E-state index is 5.52. The van der Waals surface area contributed by atoms with Crippen molar-refractivity contribution in [2.45, 2.75) is 38.7 Å². The van der Waals surface area contributed by atoms with Crippen LogP contribution in [0.15, 0.2) is 0 Å². The maximum atomic E-state index is 5.52. The van der Waals surface area contributed by atoms with Gasteiger partial charge >= 0.3 is 0 Å². The number of rotatable bonds is 6. The molecule has 1 nitrogen and oxygen atoms in total. The molecule has 0 aromatic heterocycles. The molecule has 0 aromatic carbocycles. The largest absolute Gasteiger partial charge is 0.382 e. The Hall–Kier alpha value is 0.250. The van der Waals surface area contributed by atoms with Crippen molar-refractivity contribution in [3.8, 4) is 0 Å². The molecule has 1 unspecified atom stereocenters. The van der Waals surface area contributed by atoms with E-state index in [0.29, 0.717) is 6.10 Å². The standard InChI is InChI=1S/C8H17ClO/c1-8(10-2)6-4-3-5-7-9/h8H,3-7H2,1-2H3. The van der Waals surface area contributed by atoms with Gasteiger partial charge in [-0.1, -0.05) is 12.8 Å². The van der Waals surface area contributed by atoms with Crippen molar-refractivity contribution in [3.63, 3.8) is 0 Å². The molecule has 0 N–H and O–H groups in total. The fourth-order valence-electron chi connectivity index (χ4n) is 0.821. The molecule has 0 heterocycles. The van der Waals surface area contributed by atoms with E-state index in [1.54, 1.807) is 7.11 Å². The monoisotopic (exact) mass is 164 g/mol. The second kappa shape index (κ2) is 7.36. The first-order valence-corrected chi connectivity index (χ1v) is 4.43. The van der Waals surface area contributed by atoms with Crippen molar-refractivity contribution in [1.29, 1.82) is 0 Å². The Morgan fingerprint density at radius 3 is 2.50 bits per heavy atom. The normalized spacial score (nSPS) is 13.5. The number of hydrogen-bond donors (Lipinski definition) is 0. The van der Waals surface area contributed by atoms with Crippen molar-refractivity contribution in [1.82, 2.24) is 0 Å². The molecule has 0 saturated carbocycles. The summed E-state index contributed by atoms with van der Waals surface area (Å²) in [7, 11) is 1.76. The highest BCUT2D eigenvalue weighted by atomic mass is 35.5. The molecule has 0 aromatic rings. The topological polar surface area (TPSA) is 9.23 Å². The molecule has 0 radical (unpaired) electrons. The second-order valence-corrected chi connectivity index (χ2v) is 2.96. The number of methoxy groups -OCH3 is 1. The molecule has 0 aliphatic heterocycles. The summed E-state index contributed by atoms with van der Waals surface area (Å²) in [5.41, 5.74) is 0. The molecule has 0 saturated heterocycles. The molecular weight excluding hydrogens is 148 g/mol. The van der Waals surface area contributed by atoms with Crippen molar-refractivity contribution in [2.75, 3.05) is 13.0 Å². The van der Waals surface area contributed by atoms with Gasteiger partial charge in [0.15, 0.2) is 0 Å². The minimum Gasteiger partial charge on any atom is -0.382 e. The maximum Gasteiger partial charge on any atom is 0.0543 e. The average molecular weight is 165 g/mol. The van der Waals surface area contributed by atoms with Crippen LogP contribution in [0.2, 0.25) is 0 Å². The summed E-state index contributed by atoms with van der Waals surface area (Å²) >= 11 is 5.52. The zero-order valence-electron chi connectivity index (χ0n) is 6.90. The Labute approximate surface area is 68.7 Å². The first kappa shape index (κ1) is 10.2. The van der Waals surface area contributed by atoms with Crippen molar-refractivity contribution in [3.05, 3.63) is 0 Å². The summed E-state index contributed by atoms with van der Waals surface area (Å²) < 4.78 is 5.10. The molecule has 62 valence electrons. The van der Waals surface area contributed by atoms with E-state index < -0.39 is 0 Å². The molecular formula is C8H17ClO. The van der Waals surface area contributed by atoms with Crippen LogP contribution in [0.25, 0.3) is 0 Å². The van der Waals surface area contributed by atoms with E-state index in [1.807, 2.05) is 0 Å². The molecule has 10 heavy (non-hydrogen) atoms. The molecule has 2 heteroatoms. The summed E-state index contributed by atoms with van der Waals surface area (Å²) in [6, 6.07) is 0. The van der Waals surface area contributed by atoms with Crippen LogP contribution in [-0.4, -0.2) is 19.1 Å². The van der Waals surface area contributed by atoms with E-state index in [9.17, 15) is 0 Å². The van der Waals surface area contributed by atoms with Gasteiger partial charge in [-0.05, 0) is 19.8 Å². The van der Waals surface area contributed by atoms with Gasteiger partial charge in [-0.3, -0.25) is 0 Å². The number of hydrogen-bond acceptors (Lipinski definition) is 1. The molecule has 0 fully saturated rings. The van der Waals surface area contributed by atoms with Crippen LogP contribution in [0.3, 0.4) is 0 Å². The van der Waals surface area contributed by atoms with E-state index in [-0.39, 0.29) is 0 Å². The summed E-state index contributed by atoms with van der Waals surface area (Å²) in [6.07, 6.45) is 5.18. The lowest BCUT2D eigenvalue weighted by Gasteiger charge is -2.07. The third-order valence-corrected chi connectivity index (χ3v) is 1.91. The Kier molecular flexibility index (Phi) is 7.54. The van der Waals surface area contributed by atoms with Gasteiger partial charge in [-0.15, -0.1) is 11.6 Å². The van der Waals surface area contributed by atoms with E-state index in [1.165, 1.54) is 12.8 Å². The van der Waals surface area contributed by atoms with E-state index >= 15 is 0 Å².